The lowest BCUT2D eigenvalue weighted by Gasteiger charge is -2.06. The molecule has 0 heterocycles. The van der Waals surface area contributed by atoms with Crippen molar-refractivity contribution in [2.75, 3.05) is 12.3 Å². The monoisotopic (exact) mass is 263 g/mol. The molecule has 0 aliphatic heterocycles. The molecule has 0 amide bonds. The molecule has 0 unspecified atom stereocenters. The first kappa shape index (κ1) is 14.8. The number of anilines is 1. The van der Waals surface area contributed by atoms with E-state index < -0.39 is 5.97 Å². The molecule has 0 saturated carbocycles. The van der Waals surface area contributed by atoms with Crippen molar-refractivity contribution in [1.82, 2.24) is 0 Å². The predicted octanol–water partition coefficient (Wildman–Crippen LogP) is 1.86. The minimum atomic E-state index is -1.01. The SMILES string of the molecule is CCOC(=O)CCc1cc(C=CC(=O)O)ccc1N. The number of benzene rings is 1. The van der Waals surface area contributed by atoms with Gasteiger partial charge in [-0.15, -0.1) is 0 Å². The molecule has 3 N–H and O–H groups in total. The molecule has 0 aliphatic rings. The Morgan fingerprint density at radius 2 is 2.16 bits per heavy atom. The molecule has 5 nitrogen and oxygen atoms in total. The standard InChI is InChI=1S/C14H17NO4/c1-2-19-14(18)8-5-11-9-10(3-6-12(11)15)4-7-13(16)17/h3-4,6-7,9H,2,5,8,15H2,1H3,(H,16,17). The number of hydrogen-bond acceptors (Lipinski definition) is 4. The van der Waals surface area contributed by atoms with Crippen LogP contribution in [0.4, 0.5) is 5.69 Å². The summed E-state index contributed by atoms with van der Waals surface area (Å²) in [5.41, 5.74) is 7.93. The fraction of sp³-hybridized carbons (Fsp3) is 0.286. The fourth-order valence-corrected chi connectivity index (χ4v) is 1.58. The second-order valence-corrected chi connectivity index (χ2v) is 3.93. The number of esters is 1. The maximum absolute atomic E-state index is 11.3. The molecule has 0 fully saturated rings. The molecular formula is C14H17NO4. The van der Waals surface area contributed by atoms with Crippen molar-refractivity contribution >= 4 is 23.7 Å². The second kappa shape index (κ2) is 7.20. The third-order valence-corrected chi connectivity index (χ3v) is 2.49. The van der Waals surface area contributed by atoms with E-state index in [0.29, 0.717) is 18.7 Å². The van der Waals surface area contributed by atoms with Crippen molar-refractivity contribution in [2.45, 2.75) is 19.8 Å². The van der Waals surface area contributed by atoms with Gasteiger partial charge in [-0.2, -0.15) is 0 Å². The number of carbonyl (C=O) groups excluding carboxylic acids is 1. The van der Waals surface area contributed by atoms with Gasteiger partial charge in [0.25, 0.3) is 0 Å². The van der Waals surface area contributed by atoms with Crippen molar-refractivity contribution in [1.29, 1.82) is 0 Å². The van der Waals surface area contributed by atoms with Crippen LogP contribution in [-0.4, -0.2) is 23.7 Å². The van der Waals surface area contributed by atoms with Crippen molar-refractivity contribution < 1.29 is 19.4 Å². The van der Waals surface area contributed by atoms with E-state index in [1.54, 1.807) is 25.1 Å². The number of aryl methyl sites for hydroxylation is 1. The van der Waals surface area contributed by atoms with Crippen molar-refractivity contribution in [3.63, 3.8) is 0 Å². The third-order valence-electron chi connectivity index (χ3n) is 2.49. The number of nitrogen functional groups attached to an aromatic ring is 1. The van der Waals surface area contributed by atoms with Gasteiger partial charge in [0.1, 0.15) is 0 Å². The minimum absolute atomic E-state index is 0.254. The first-order valence-electron chi connectivity index (χ1n) is 5.98. The predicted molar refractivity (Wildman–Crippen MR) is 72.5 cm³/mol. The van der Waals surface area contributed by atoms with Gasteiger partial charge in [-0.3, -0.25) is 4.79 Å². The van der Waals surface area contributed by atoms with Crippen LogP contribution in [0.2, 0.25) is 0 Å². The van der Waals surface area contributed by atoms with E-state index in [-0.39, 0.29) is 12.4 Å². The Hall–Kier alpha value is -2.30. The maximum atomic E-state index is 11.3. The third kappa shape index (κ3) is 5.25. The Labute approximate surface area is 111 Å². The summed E-state index contributed by atoms with van der Waals surface area (Å²) in [7, 11) is 0. The van der Waals surface area contributed by atoms with Gasteiger partial charge in [0.2, 0.25) is 0 Å². The zero-order valence-electron chi connectivity index (χ0n) is 10.8. The highest BCUT2D eigenvalue weighted by atomic mass is 16.5. The minimum Gasteiger partial charge on any atom is -0.478 e. The van der Waals surface area contributed by atoms with Crippen LogP contribution < -0.4 is 5.73 Å². The van der Waals surface area contributed by atoms with E-state index in [2.05, 4.69) is 0 Å². The zero-order valence-corrected chi connectivity index (χ0v) is 10.8. The molecule has 0 spiro atoms. The number of hydrogen-bond donors (Lipinski definition) is 2. The Kier molecular flexibility index (Phi) is 5.60. The van der Waals surface area contributed by atoms with E-state index in [1.807, 2.05) is 0 Å². The van der Waals surface area contributed by atoms with Crippen molar-refractivity contribution in [3.05, 3.63) is 35.4 Å². The molecule has 1 rings (SSSR count). The molecule has 0 aliphatic carbocycles. The van der Waals surface area contributed by atoms with Gasteiger partial charge < -0.3 is 15.6 Å². The first-order valence-corrected chi connectivity index (χ1v) is 5.98. The van der Waals surface area contributed by atoms with Gasteiger partial charge in [0.15, 0.2) is 0 Å². The number of ether oxygens (including phenoxy) is 1. The molecule has 0 bridgehead atoms. The van der Waals surface area contributed by atoms with E-state index in [0.717, 1.165) is 17.2 Å². The van der Waals surface area contributed by atoms with Crippen LogP contribution in [0, 0.1) is 0 Å². The first-order chi connectivity index (χ1) is 9.02. The molecule has 0 radical (unpaired) electrons. The summed E-state index contributed by atoms with van der Waals surface area (Å²) >= 11 is 0. The summed E-state index contributed by atoms with van der Waals surface area (Å²) in [6.45, 7) is 2.11. The van der Waals surface area contributed by atoms with Crippen LogP contribution in [0.25, 0.3) is 6.08 Å². The summed E-state index contributed by atoms with van der Waals surface area (Å²) in [4.78, 5) is 21.7. The molecule has 1 aromatic carbocycles. The molecule has 102 valence electrons. The number of aliphatic carboxylic acids is 1. The molecule has 19 heavy (non-hydrogen) atoms. The van der Waals surface area contributed by atoms with Crippen molar-refractivity contribution in [2.24, 2.45) is 0 Å². The fourth-order valence-electron chi connectivity index (χ4n) is 1.58. The normalized spacial score (nSPS) is 10.6. The lowest BCUT2D eigenvalue weighted by atomic mass is 10.0. The Balaban J connectivity index is 2.74. The van der Waals surface area contributed by atoms with Crippen LogP contribution in [0.1, 0.15) is 24.5 Å². The van der Waals surface area contributed by atoms with E-state index in [4.69, 9.17) is 15.6 Å². The molecule has 0 aromatic heterocycles. The van der Waals surface area contributed by atoms with E-state index in [1.165, 1.54) is 6.08 Å². The van der Waals surface area contributed by atoms with Crippen molar-refractivity contribution in [3.8, 4) is 0 Å². The largest absolute Gasteiger partial charge is 0.478 e. The Morgan fingerprint density at radius 3 is 2.79 bits per heavy atom. The van der Waals surface area contributed by atoms with Crippen LogP contribution in [0.15, 0.2) is 24.3 Å². The average molecular weight is 263 g/mol. The molecule has 0 atom stereocenters. The highest BCUT2D eigenvalue weighted by Gasteiger charge is 2.05. The van der Waals surface area contributed by atoms with Gasteiger partial charge in [0, 0.05) is 18.2 Å². The zero-order chi connectivity index (χ0) is 14.3. The van der Waals surface area contributed by atoms with E-state index in [9.17, 15) is 9.59 Å². The number of nitrogens with two attached hydrogens (primary N) is 1. The highest BCUT2D eigenvalue weighted by molar-refractivity contribution is 5.85. The number of carboxylic acids is 1. The second-order valence-electron chi connectivity index (χ2n) is 3.93. The average Bonchev–Trinajstić information content (AvgIpc) is 2.36. The lowest BCUT2D eigenvalue weighted by Crippen LogP contribution is -2.06. The van der Waals surface area contributed by atoms with Gasteiger partial charge in [-0.25, -0.2) is 4.79 Å². The summed E-state index contributed by atoms with van der Waals surface area (Å²) in [6, 6.07) is 5.19. The summed E-state index contributed by atoms with van der Waals surface area (Å²) in [6.07, 6.45) is 3.26. The summed E-state index contributed by atoms with van der Waals surface area (Å²) in [5.74, 6) is -1.28. The van der Waals surface area contributed by atoms with Gasteiger partial charge in [0.05, 0.1) is 6.61 Å². The molecule has 5 heteroatoms. The van der Waals surface area contributed by atoms with Crippen LogP contribution >= 0.6 is 0 Å². The van der Waals surface area contributed by atoms with Gasteiger partial charge in [-0.1, -0.05) is 6.07 Å². The summed E-state index contributed by atoms with van der Waals surface area (Å²) in [5, 5.41) is 8.56. The van der Waals surface area contributed by atoms with Gasteiger partial charge in [-0.05, 0) is 42.7 Å². The topological polar surface area (TPSA) is 89.6 Å². The summed E-state index contributed by atoms with van der Waals surface area (Å²) < 4.78 is 4.84. The van der Waals surface area contributed by atoms with E-state index >= 15 is 0 Å². The highest BCUT2D eigenvalue weighted by Crippen LogP contribution is 2.17. The quantitative estimate of drug-likeness (QED) is 0.464. The molecule has 1 aromatic rings. The van der Waals surface area contributed by atoms with Crippen LogP contribution in [0.5, 0.6) is 0 Å². The number of carboxylic acid groups (broad SMARTS) is 1. The molecule has 0 saturated heterocycles. The van der Waals surface area contributed by atoms with Crippen LogP contribution in [-0.2, 0) is 20.7 Å². The number of carbonyl (C=O) groups is 2. The van der Waals surface area contributed by atoms with Crippen LogP contribution in [0.3, 0.4) is 0 Å². The lowest BCUT2D eigenvalue weighted by molar-refractivity contribution is -0.143. The maximum Gasteiger partial charge on any atom is 0.328 e. The molecular weight excluding hydrogens is 246 g/mol. The van der Waals surface area contributed by atoms with Gasteiger partial charge >= 0.3 is 11.9 Å². The smallest absolute Gasteiger partial charge is 0.328 e. The Bertz CT molecular complexity index is 494. The number of rotatable bonds is 6. The Morgan fingerprint density at radius 1 is 1.42 bits per heavy atom.